The largest absolute Gasteiger partial charge is 0.497 e. The van der Waals surface area contributed by atoms with E-state index < -0.39 is 0 Å². The van der Waals surface area contributed by atoms with Gasteiger partial charge in [-0.2, -0.15) is 0 Å². The molecule has 1 heterocycles. The molecule has 1 aromatic heterocycles. The predicted molar refractivity (Wildman–Crippen MR) is 82.1 cm³/mol. The first kappa shape index (κ1) is 13.2. The molecule has 0 aliphatic heterocycles. The van der Waals surface area contributed by atoms with E-state index >= 15 is 0 Å². The number of aromatic nitrogens is 2. The Labute approximate surface area is 123 Å². The van der Waals surface area contributed by atoms with Gasteiger partial charge in [0.25, 0.3) is 0 Å². The van der Waals surface area contributed by atoms with Gasteiger partial charge in [0.2, 0.25) is 0 Å². The topological polar surface area (TPSA) is 36.3 Å². The van der Waals surface area contributed by atoms with Crippen molar-refractivity contribution in [2.24, 2.45) is 0 Å². The van der Waals surface area contributed by atoms with Crippen LogP contribution in [0.25, 0.3) is 16.9 Å². The van der Waals surface area contributed by atoms with Crippen molar-refractivity contribution in [1.82, 2.24) is 9.55 Å². The average molecular weight is 280 g/mol. The minimum absolute atomic E-state index is 0.826. The second-order valence-corrected chi connectivity index (χ2v) is 4.60. The summed E-state index contributed by atoms with van der Waals surface area (Å²) in [5, 5.41) is 0. The van der Waals surface area contributed by atoms with Gasteiger partial charge in [0.1, 0.15) is 11.5 Å². The summed E-state index contributed by atoms with van der Waals surface area (Å²) >= 11 is 0. The fourth-order valence-electron chi connectivity index (χ4n) is 2.15. The van der Waals surface area contributed by atoms with E-state index in [-0.39, 0.29) is 0 Å². The summed E-state index contributed by atoms with van der Waals surface area (Å²) in [6.45, 7) is 0. The maximum absolute atomic E-state index is 5.25. The van der Waals surface area contributed by atoms with Crippen LogP contribution in [0.4, 0.5) is 0 Å². The molecule has 0 spiro atoms. The van der Waals surface area contributed by atoms with Crippen LogP contribution in [0.5, 0.6) is 11.5 Å². The van der Waals surface area contributed by atoms with Gasteiger partial charge in [0.15, 0.2) is 0 Å². The molecule has 0 N–H and O–H groups in total. The molecular weight excluding hydrogens is 264 g/mol. The Kier molecular flexibility index (Phi) is 3.60. The highest BCUT2D eigenvalue weighted by Crippen LogP contribution is 2.23. The predicted octanol–water partition coefficient (Wildman–Crippen LogP) is 3.56. The van der Waals surface area contributed by atoms with Gasteiger partial charge in [-0.05, 0) is 36.4 Å². The van der Waals surface area contributed by atoms with E-state index in [1.807, 2.05) is 59.3 Å². The molecule has 0 radical (unpaired) electrons. The van der Waals surface area contributed by atoms with Crippen molar-refractivity contribution < 1.29 is 9.47 Å². The summed E-state index contributed by atoms with van der Waals surface area (Å²) in [5.74, 6) is 1.66. The minimum atomic E-state index is 0.826. The molecule has 0 saturated carbocycles. The minimum Gasteiger partial charge on any atom is -0.497 e. The Morgan fingerprint density at radius 1 is 0.905 bits per heavy atom. The number of hydrogen-bond donors (Lipinski definition) is 0. The van der Waals surface area contributed by atoms with Gasteiger partial charge in [-0.15, -0.1) is 0 Å². The number of nitrogens with zero attached hydrogens (tertiary/aromatic N) is 2. The molecule has 0 amide bonds. The summed E-state index contributed by atoms with van der Waals surface area (Å²) in [6, 6.07) is 15.7. The van der Waals surface area contributed by atoms with Gasteiger partial charge in [0, 0.05) is 17.8 Å². The van der Waals surface area contributed by atoms with E-state index in [1.165, 1.54) is 0 Å². The quantitative estimate of drug-likeness (QED) is 0.733. The maximum Gasteiger partial charge on any atom is 0.120 e. The molecule has 4 heteroatoms. The van der Waals surface area contributed by atoms with Crippen molar-refractivity contribution in [1.29, 1.82) is 0 Å². The molecule has 3 rings (SSSR count). The van der Waals surface area contributed by atoms with Crippen molar-refractivity contribution in [2.75, 3.05) is 14.2 Å². The maximum atomic E-state index is 5.25. The first-order valence-electron chi connectivity index (χ1n) is 6.63. The summed E-state index contributed by atoms with van der Waals surface area (Å²) in [4.78, 5) is 4.46. The highest BCUT2D eigenvalue weighted by Gasteiger charge is 2.04. The fraction of sp³-hybridized carbons (Fsp3) is 0.118. The molecular formula is C17H16N2O2. The molecule has 106 valence electrons. The lowest BCUT2D eigenvalue weighted by Gasteiger charge is -2.04. The second kappa shape index (κ2) is 5.71. The Hall–Kier alpha value is -2.75. The lowest BCUT2D eigenvalue weighted by Crippen LogP contribution is -1.91. The normalized spacial score (nSPS) is 10.4. The Morgan fingerprint density at radius 3 is 2.38 bits per heavy atom. The molecule has 3 aromatic rings. The van der Waals surface area contributed by atoms with Gasteiger partial charge in [-0.1, -0.05) is 6.07 Å². The molecule has 2 aromatic carbocycles. The second-order valence-electron chi connectivity index (χ2n) is 4.60. The van der Waals surface area contributed by atoms with Crippen molar-refractivity contribution in [3.63, 3.8) is 0 Å². The van der Waals surface area contributed by atoms with Crippen molar-refractivity contribution in [3.8, 4) is 28.4 Å². The summed E-state index contributed by atoms with van der Waals surface area (Å²) in [6.07, 6.45) is 3.80. The van der Waals surface area contributed by atoms with Crippen LogP contribution in [0.2, 0.25) is 0 Å². The first-order chi connectivity index (χ1) is 10.3. The van der Waals surface area contributed by atoms with Crippen molar-refractivity contribution in [2.45, 2.75) is 0 Å². The monoisotopic (exact) mass is 280 g/mol. The zero-order valence-electron chi connectivity index (χ0n) is 12.0. The molecule has 0 unspecified atom stereocenters. The third-order valence-corrected chi connectivity index (χ3v) is 3.32. The fourth-order valence-corrected chi connectivity index (χ4v) is 2.15. The zero-order valence-corrected chi connectivity index (χ0v) is 12.0. The van der Waals surface area contributed by atoms with Crippen LogP contribution in [-0.4, -0.2) is 23.8 Å². The van der Waals surface area contributed by atoms with Gasteiger partial charge in [0.05, 0.1) is 31.9 Å². The van der Waals surface area contributed by atoms with E-state index in [9.17, 15) is 0 Å². The third kappa shape index (κ3) is 2.74. The highest BCUT2D eigenvalue weighted by molar-refractivity contribution is 5.60. The van der Waals surface area contributed by atoms with Gasteiger partial charge in [-0.25, -0.2) is 4.98 Å². The van der Waals surface area contributed by atoms with Crippen LogP contribution in [-0.2, 0) is 0 Å². The molecule has 0 atom stereocenters. The number of rotatable bonds is 4. The van der Waals surface area contributed by atoms with Crippen LogP contribution >= 0.6 is 0 Å². The number of imidazole rings is 1. The molecule has 0 aliphatic rings. The Morgan fingerprint density at radius 2 is 1.67 bits per heavy atom. The van der Waals surface area contributed by atoms with E-state index in [2.05, 4.69) is 4.98 Å². The number of benzene rings is 2. The standard InChI is InChI=1S/C17H16N2O2/c1-20-15-8-6-13(7-9-15)17-11-19(12-18-17)14-4-3-5-16(10-14)21-2/h3-12H,1-2H3. The van der Waals surface area contributed by atoms with E-state index in [0.29, 0.717) is 0 Å². The molecule has 0 bridgehead atoms. The lowest BCUT2D eigenvalue weighted by atomic mass is 10.1. The molecule has 0 fully saturated rings. The number of methoxy groups -OCH3 is 2. The van der Waals surface area contributed by atoms with E-state index in [4.69, 9.17) is 9.47 Å². The zero-order chi connectivity index (χ0) is 14.7. The Balaban J connectivity index is 1.91. The van der Waals surface area contributed by atoms with Crippen molar-refractivity contribution >= 4 is 0 Å². The van der Waals surface area contributed by atoms with Crippen LogP contribution in [0.1, 0.15) is 0 Å². The summed E-state index contributed by atoms with van der Waals surface area (Å²) in [7, 11) is 3.32. The van der Waals surface area contributed by atoms with Crippen molar-refractivity contribution in [3.05, 3.63) is 61.1 Å². The van der Waals surface area contributed by atoms with Gasteiger partial charge < -0.3 is 14.0 Å². The van der Waals surface area contributed by atoms with E-state index in [0.717, 1.165) is 28.4 Å². The van der Waals surface area contributed by atoms with Crippen LogP contribution in [0.15, 0.2) is 61.1 Å². The SMILES string of the molecule is COc1ccc(-c2cn(-c3cccc(OC)c3)cn2)cc1. The lowest BCUT2D eigenvalue weighted by molar-refractivity contribution is 0.414. The third-order valence-electron chi connectivity index (χ3n) is 3.32. The highest BCUT2D eigenvalue weighted by atomic mass is 16.5. The number of ether oxygens (including phenoxy) is 2. The van der Waals surface area contributed by atoms with Crippen LogP contribution in [0.3, 0.4) is 0 Å². The summed E-state index contributed by atoms with van der Waals surface area (Å²) in [5.41, 5.74) is 2.99. The average Bonchev–Trinajstić information content (AvgIpc) is 3.05. The smallest absolute Gasteiger partial charge is 0.120 e. The Bertz CT molecular complexity index is 733. The molecule has 21 heavy (non-hydrogen) atoms. The van der Waals surface area contributed by atoms with Gasteiger partial charge in [-0.3, -0.25) is 0 Å². The van der Waals surface area contributed by atoms with Crippen LogP contribution < -0.4 is 9.47 Å². The molecule has 0 aliphatic carbocycles. The number of hydrogen-bond acceptors (Lipinski definition) is 3. The molecule has 4 nitrogen and oxygen atoms in total. The molecule has 0 saturated heterocycles. The first-order valence-corrected chi connectivity index (χ1v) is 6.63. The van der Waals surface area contributed by atoms with Gasteiger partial charge >= 0.3 is 0 Å². The summed E-state index contributed by atoms with van der Waals surface area (Å²) < 4.78 is 12.4. The van der Waals surface area contributed by atoms with E-state index in [1.54, 1.807) is 20.5 Å². The van der Waals surface area contributed by atoms with Crippen LogP contribution in [0, 0.1) is 0 Å².